The third-order valence-electron chi connectivity index (χ3n) is 4.14. The zero-order chi connectivity index (χ0) is 23.0. The molecule has 31 heavy (non-hydrogen) atoms. The fourth-order valence-corrected chi connectivity index (χ4v) is 3.27. The number of methoxy groups -OCH3 is 1. The monoisotopic (exact) mass is 449 g/mol. The summed E-state index contributed by atoms with van der Waals surface area (Å²) in [6.45, 7) is 2.66. The van der Waals surface area contributed by atoms with Gasteiger partial charge in [-0.1, -0.05) is 18.2 Å². The highest BCUT2D eigenvalue weighted by Crippen LogP contribution is 2.20. The summed E-state index contributed by atoms with van der Waals surface area (Å²) in [7, 11) is -2.72. The zero-order valence-corrected chi connectivity index (χ0v) is 18.0. The van der Waals surface area contributed by atoms with Gasteiger partial charge in [0.25, 0.3) is 0 Å². The molecule has 0 saturated carbocycles. The van der Waals surface area contributed by atoms with E-state index in [-0.39, 0.29) is 10.6 Å². The van der Waals surface area contributed by atoms with Crippen molar-refractivity contribution < 1.29 is 36.5 Å². The van der Waals surface area contributed by atoms with Crippen molar-refractivity contribution in [3.8, 4) is 5.75 Å². The van der Waals surface area contributed by atoms with Gasteiger partial charge in [0.05, 0.1) is 6.42 Å². The molecule has 0 aliphatic heterocycles. The van der Waals surface area contributed by atoms with Crippen molar-refractivity contribution in [3.63, 3.8) is 0 Å². The molecule has 0 aromatic heterocycles. The lowest BCUT2D eigenvalue weighted by Crippen LogP contribution is -2.34. The van der Waals surface area contributed by atoms with Gasteiger partial charge in [-0.3, -0.25) is 9.59 Å². The molecule has 1 amide bonds. The molecule has 0 aliphatic carbocycles. The van der Waals surface area contributed by atoms with Crippen LogP contribution in [-0.4, -0.2) is 45.4 Å². The van der Waals surface area contributed by atoms with Crippen LogP contribution in [0.25, 0.3) is 0 Å². The van der Waals surface area contributed by atoms with E-state index in [1.54, 1.807) is 18.2 Å². The highest BCUT2D eigenvalue weighted by molar-refractivity contribution is 7.87. The summed E-state index contributed by atoms with van der Waals surface area (Å²) < 4.78 is 39.6. The fourth-order valence-electron chi connectivity index (χ4n) is 2.34. The van der Waals surface area contributed by atoms with Crippen molar-refractivity contribution >= 4 is 33.5 Å². The second-order valence-electron chi connectivity index (χ2n) is 6.54. The van der Waals surface area contributed by atoms with Gasteiger partial charge in [0.1, 0.15) is 10.6 Å². The number of benzene rings is 2. The Bertz CT molecular complexity index is 1020. The van der Waals surface area contributed by atoms with Gasteiger partial charge in [-0.15, -0.1) is 0 Å². The molecular formula is C21H23NO8S. The summed E-state index contributed by atoms with van der Waals surface area (Å²) in [4.78, 5) is 35.6. The van der Waals surface area contributed by atoms with E-state index in [1.807, 2.05) is 0 Å². The minimum atomic E-state index is -4.04. The molecule has 0 bridgehead atoms. The fraction of sp³-hybridized carbons (Fsp3) is 0.286. The average Bonchev–Trinajstić information content (AvgIpc) is 2.73. The van der Waals surface area contributed by atoms with Crippen LogP contribution in [0.5, 0.6) is 5.75 Å². The van der Waals surface area contributed by atoms with Crippen molar-refractivity contribution in [1.29, 1.82) is 0 Å². The van der Waals surface area contributed by atoms with Crippen LogP contribution >= 0.6 is 0 Å². The second kappa shape index (κ2) is 10.7. The van der Waals surface area contributed by atoms with Crippen LogP contribution in [0.1, 0.15) is 20.3 Å². The van der Waals surface area contributed by atoms with E-state index in [4.69, 9.17) is 13.7 Å². The van der Waals surface area contributed by atoms with E-state index >= 15 is 0 Å². The Hall–Kier alpha value is -3.24. The van der Waals surface area contributed by atoms with Crippen molar-refractivity contribution in [2.24, 2.45) is 0 Å². The van der Waals surface area contributed by atoms with Gasteiger partial charge in [-0.25, -0.2) is 4.79 Å². The standard InChI is InChI=1S/C21H23NO8S/c1-14(23)19(29-21(25)15(2)28-3)13-20(24)22-16-9-11-18(12-10-16)31(26,27)30-17-7-5-4-6-8-17/h4-12,15,19H,13H2,1-3H3,(H,22,24). The maximum atomic E-state index is 12.3. The van der Waals surface area contributed by atoms with Gasteiger partial charge < -0.3 is 19.0 Å². The Morgan fingerprint density at radius 2 is 1.61 bits per heavy atom. The Morgan fingerprint density at radius 1 is 1.00 bits per heavy atom. The molecule has 0 aliphatic rings. The van der Waals surface area contributed by atoms with Gasteiger partial charge in [0, 0.05) is 12.8 Å². The number of hydrogen-bond donors (Lipinski definition) is 1. The quantitative estimate of drug-likeness (QED) is 0.433. The Labute approximate surface area is 180 Å². The van der Waals surface area contributed by atoms with Gasteiger partial charge in [-0.2, -0.15) is 8.42 Å². The minimum absolute atomic E-state index is 0.0987. The van der Waals surface area contributed by atoms with E-state index < -0.39 is 46.4 Å². The summed E-state index contributed by atoms with van der Waals surface area (Å²) in [6, 6.07) is 13.3. The van der Waals surface area contributed by atoms with E-state index in [2.05, 4.69) is 5.32 Å². The average molecular weight is 449 g/mol. The maximum absolute atomic E-state index is 12.3. The number of Topliss-reactive ketones (excluding diaryl/α,β-unsaturated/α-hetero) is 1. The molecule has 2 atom stereocenters. The van der Waals surface area contributed by atoms with Crippen molar-refractivity contribution in [2.45, 2.75) is 37.4 Å². The van der Waals surface area contributed by atoms with Crippen LogP contribution in [0.3, 0.4) is 0 Å². The Balaban J connectivity index is 2.00. The first-order chi connectivity index (χ1) is 14.6. The number of ketones is 1. The molecule has 0 spiro atoms. The largest absolute Gasteiger partial charge is 0.452 e. The first-order valence-electron chi connectivity index (χ1n) is 9.25. The molecule has 9 nitrogen and oxygen atoms in total. The zero-order valence-electron chi connectivity index (χ0n) is 17.2. The summed E-state index contributed by atoms with van der Waals surface area (Å²) in [5, 5.41) is 2.52. The molecule has 166 valence electrons. The van der Waals surface area contributed by atoms with E-state index in [0.29, 0.717) is 5.69 Å². The molecule has 2 rings (SSSR count). The molecular weight excluding hydrogens is 426 g/mol. The van der Waals surface area contributed by atoms with Gasteiger partial charge in [-0.05, 0) is 50.2 Å². The van der Waals surface area contributed by atoms with Gasteiger partial charge in [0.15, 0.2) is 18.0 Å². The topological polar surface area (TPSA) is 125 Å². The van der Waals surface area contributed by atoms with Crippen molar-refractivity contribution in [3.05, 3.63) is 54.6 Å². The predicted molar refractivity (Wildman–Crippen MR) is 111 cm³/mol. The molecule has 2 unspecified atom stereocenters. The molecule has 2 aromatic rings. The third-order valence-corrected chi connectivity index (χ3v) is 5.41. The number of esters is 1. The number of amides is 1. The SMILES string of the molecule is COC(C)C(=O)OC(CC(=O)Nc1ccc(S(=O)(=O)Oc2ccccc2)cc1)C(C)=O. The lowest BCUT2D eigenvalue weighted by Gasteiger charge is -2.17. The van der Waals surface area contributed by atoms with Crippen LogP contribution in [0.4, 0.5) is 5.69 Å². The van der Waals surface area contributed by atoms with Crippen molar-refractivity contribution in [1.82, 2.24) is 0 Å². The highest BCUT2D eigenvalue weighted by atomic mass is 32.2. The third kappa shape index (κ3) is 7.19. The molecule has 10 heteroatoms. The number of ether oxygens (including phenoxy) is 2. The number of anilines is 1. The van der Waals surface area contributed by atoms with Crippen LogP contribution in [-0.2, 0) is 34.0 Å². The number of carbonyl (C=O) groups is 3. The van der Waals surface area contributed by atoms with Crippen LogP contribution in [0.15, 0.2) is 59.5 Å². The lowest BCUT2D eigenvalue weighted by atomic mass is 10.1. The minimum Gasteiger partial charge on any atom is -0.452 e. The molecule has 0 radical (unpaired) electrons. The summed E-state index contributed by atoms with van der Waals surface area (Å²) >= 11 is 0. The predicted octanol–water partition coefficient (Wildman–Crippen LogP) is 2.32. The molecule has 0 saturated heterocycles. The second-order valence-corrected chi connectivity index (χ2v) is 8.09. The Morgan fingerprint density at radius 3 is 2.16 bits per heavy atom. The van der Waals surface area contributed by atoms with E-state index in [0.717, 1.165) is 0 Å². The Kier molecular flexibility index (Phi) is 8.29. The summed E-state index contributed by atoms with van der Waals surface area (Å²) in [5.74, 6) is -1.67. The number of hydrogen-bond acceptors (Lipinski definition) is 8. The normalized spacial score (nSPS) is 13.0. The molecule has 2 aromatic carbocycles. The number of para-hydroxylation sites is 1. The van der Waals surface area contributed by atoms with Crippen LogP contribution in [0, 0.1) is 0 Å². The highest BCUT2D eigenvalue weighted by Gasteiger charge is 2.25. The first-order valence-corrected chi connectivity index (χ1v) is 10.7. The van der Waals surface area contributed by atoms with Crippen molar-refractivity contribution in [2.75, 3.05) is 12.4 Å². The first kappa shape index (κ1) is 24.0. The van der Waals surface area contributed by atoms with E-state index in [1.165, 1.54) is 57.4 Å². The summed E-state index contributed by atoms with van der Waals surface area (Å²) in [6.07, 6.45) is -2.53. The number of carbonyl (C=O) groups excluding carboxylic acids is 3. The lowest BCUT2D eigenvalue weighted by molar-refractivity contribution is -0.164. The maximum Gasteiger partial charge on any atom is 0.339 e. The molecule has 1 N–H and O–H groups in total. The smallest absolute Gasteiger partial charge is 0.339 e. The van der Waals surface area contributed by atoms with Crippen LogP contribution in [0.2, 0.25) is 0 Å². The van der Waals surface area contributed by atoms with Gasteiger partial charge in [0.2, 0.25) is 5.91 Å². The van der Waals surface area contributed by atoms with Crippen LogP contribution < -0.4 is 9.50 Å². The van der Waals surface area contributed by atoms with Gasteiger partial charge >= 0.3 is 16.1 Å². The molecule has 0 fully saturated rings. The number of nitrogens with one attached hydrogen (secondary N) is 1. The summed E-state index contributed by atoms with van der Waals surface area (Å²) in [5.41, 5.74) is 0.294. The molecule has 0 heterocycles. The van der Waals surface area contributed by atoms with E-state index in [9.17, 15) is 22.8 Å². The number of rotatable bonds is 10.